The van der Waals surface area contributed by atoms with E-state index in [9.17, 15) is 13.2 Å². The van der Waals surface area contributed by atoms with Gasteiger partial charge in [0, 0.05) is 12.2 Å². The van der Waals surface area contributed by atoms with Crippen LogP contribution in [-0.4, -0.2) is 26.6 Å². The van der Waals surface area contributed by atoms with Gasteiger partial charge in [-0.15, -0.1) is 0 Å². The summed E-state index contributed by atoms with van der Waals surface area (Å²) < 4.78 is 25.5. The number of nitrogens with zero attached hydrogens (tertiary/aromatic N) is 2. The van der Waals surface area contributed by atoms with Crippen LogP contribution >= 0.6 is 23.2 Å². The fourth-order valence-electron chi connectivity index (χ4n) is 2.93. The second kappa shape index (κ2) is 7.39. The Bertz CT molecular complexity index is 1080. The molecule has 1 fully saturated rings. The molecule has 0 atom stereocenters. The highest BCUT2D eigenvalue weighted by molar-refractivity contribution is 7.93. The van der Waals surface area contributed by atoms with Crippen LogP contribution in [0.15, 0.2) is 30.3 Å². The molecular weight excluding hydrogens is 409 g/mol. The highest BCUT2D eigenvalue weighted by Crippen LogP contribution is 2.34. The lowest BCUT2D eigenvalue weighted by molar-refractivity contribution is 0.102. The summed E-state index contributed by atoms with van der Waals surface area (Å²) in [7, 11) is -3.42. The van der Waals surface area contributed by atoms with Crippen LogP contribution in [-0.2, 0) is 10.0 Å². The van der Waals surface area contributed by atoms with Crippen molar-refractivity contribution in [2.45, 2.75) is 13.3 Å². The molecule has 0 unspecified atom stereocenters. The number of halogens is 2. The second-order valence-corrected chi connectivity index (χ2v) is 8.98. The molecule has 1 heterocycles. The first-order valence-electron chi connectivity index (χ1n) is 8.04. The van der Waals surface area contributed by atoms with Crippen molar-refractivity contribution in [2.24, 2.45) is 0 Å². The first-order valence-corrected chi connectivity index (χ1v) is 10.4. The molecule has 0 aromatic heterocycles. The summed E-state index contributed by atoms with van der Waals surface area (Å²) in [5.74, 6) is -0.496. The van der Waals surface area contributed by atoms with Gasteiger partial charge in [-0.1, -0.05) is 23.2 Å². The zero-order valence-electron chi connectivity index (χ0n) is 14.3. The Labute approximate surface area is 167 Å². The summed E-state index contributed by atoms with van der Waals surface area (Å²) in [4.78, 5) is 12.7. The molecule has 0 radical (unpaired) electrons. The standard InChI is InChI=1S/C18H15Cl2N3O3S/c1-11-5-12(10-21)7-13(6-11)22-18(24)15-8-14(9-16(19)17(15)20)23-3-2-4-27(23,25)26/h5-9H,2-4H2,1H3,(H,22,24). The third-order valence-corrected chi connectivity index (χ3v) is 6.78. The van der Waals surface area contributed by atoms with E-state index < -0.39 is 15.9 Å². The molecular formula is C18H15Cl2N3O3S. The normalized spacial score (nSPS) is 15.4. The van der Waals surface area contributed by atoms with Gasteiger partial charge in [-0.2, -0.15) is 5.26 Å². The first kappa shape index (κ1) is 19.5. The maximum absolute atomic E-state index is 12.7. The van der Waals surface area contributed by atoms with E-state index in [1.54, 1.807) is 19.1 Å². The highest BCUT2D eigenvalue weighted by atomic mass is 35.5. The molecule has 2 aromatic carbocycles. The number of hydrogen-bond acceptors (Lipinski definition) is 4. The quantitative estimate of drug-likeness (QED) is 0.808. The van der Waals surface area contributed by atoms with Crippen molar-refractivity contribution in [2.75, 3.05) is 21.9 Å². The molecule has 3 rings (SSSR count). The van der Waals surface area contributed by atoms with Crippen molar-refractivity contribution in [3.05, 3.63) is 57.1 Å². The Balaban J connectivity index is 1.98. The Morgan fingerprint density at radius 3 is 2.59 bits per heavy atom. The maximum Gasteiger partial charge on any atom is 0.257 e. The van der Waals surface area contributed by atoms with E-state index in [2.05, 4.69) is 5.32 Å². The van der Waals surface area contributed by atoms with Gasteiger partial charge in [0.2, 0.25) is 10.0 Å². The number of sulfonamides is 1. The van der Waals surface area contributed by atoms with Gasteiger partial charge in [0.15, 0.2) is 0 Å². The molecule has 2 aromatic rings. The fraction of sp³-hybridized carbons (Fsp3) is 0.222. The Kier molecular flexibility index (Phi) is 5.33. The predicted octanol–water partition coefficient (Wildman–Crippen LogP) is 3.97. The van der Waals surface area contributed by atoms with E-state index in [0.29, 0.717) is 29.9 Å². The van der Waals surface area contributed by atoms with Crippen LogP contribution < -0.4 is 9.62 Å². The summed E-state index contributed by atoms with van der Waals surface area (Å²) in [6.45, 7) is 2.13. The molecule has 1 amide bonds. The smallest absolute Gasteiger partial charge is 0.257 e. The number of benzene rings is 2. The Hall–Kier alpha value is -2.27. The molecule has 0 spiro atoms. The van der Waals surface area contributed by atoms with Crippen molar-refractivity contribution < 1.29 is 13.2 Å². The Morgan fingerprint density at radius 1 is 1.22 bits per heavy atom. The van der Waals surface area contributed by atoms with Crippen LogP contribution in [0, 0.1) is 18.3 Å². The van der Waals surface area contributed by atoms with E-state index in [-0.39, 0.29) is 21.4 Å². The summed E-state index contributed by atoms with van der Waals surface area (Å²) in [5.41, 5.74) is 2.01. The zero-order valence-corrected chi connectivity index (χ0v) is 16.6. The number of aryl methyl sites for hydroxylation is 1. The molecule has 1 aliphatic heterocycles. The van der Waals surface area contributed by atoms with Crippen molar-refractivity contribution >= 4 is 50.5 Å². The zero-order chi connectivity index (χ0) is 19.8. The van der Waals surface area contributed by atoms with Crippen molar-refractivity contribution in [3.63, 3.8) is 0 Å². The minimum atomic E-state index is -3.42. The fourth-order valence-corrected chi connectivity index (χ4v) is 4.89. The SMILES string of the molecule is Cc1cc(C#N)cc(NC(=O)c2cc(N3CCCS3(=O)=O)cc(Cl)c2Cl)c1. The summed E-state index contributed by atoms with van der Waals surface area (Å²) in [5, 5.41) is 11.9. The predicted molar refractivity (Wildman–Crippen MR) is 106 cm³/mol. The van der Waals surface area contributed by atoms with Crippen LogP contribution in [0.5, 0.6) is 0 Å². The number of anilines is 2. The minimum absolute atomic E-state index is 0.0303. The molecule has 140 valence electrons. The van der Waals surface area contributed by atoms with Gasteiger partial charge in [-0.25, -0.2) is 8.42 Å². The molecule has 27 heavy (non-hydrogen) atoms. The number of carbonyl (C=O) groups is 1. The average molecular weight is 424 g/mol. The monoisotopic (exact) mass is 423 g/mol. The van der Waals surface area contributed by atoms with Crippen LogP contribution in [0.4, 0.5) is 11.4 Å². The number of nitrogens with one attached hydrogen (secondary N) is 1. The summed E-state index contributed by atoms with van der Waals surface area (Å²) in [6, 6.07) is 9.81. The molecule has 1 aliphatic rings. The van der Waals surface area contributed by atoms with Crippen LogP contribution in [0.25, 0.3) is 0 Å². The van der Waals surface area contributed by atoms with Crippen LogP contribution in [0.2, 0.25) is 10.0 Å². The number of hydrogen-bond donors (Lipinski definition) is 1. The largest absolute Gasteiger partial charge is 0.322 e. The van der Waals surface area contributed by atoms with E-state index in [0.717, 1.165) is 5.56 Å². The van der Waals surface area contributed by atoms with E-state index in [1.807, 2.05) is 6.07 Å². The highest BCUT2D eigenvalue weighted by Gasteiger charge is 2.30. The van der Waals surface area contributed by atoms with E-state index >= 15 is 0 Å². The number of rotatable bonds is 3. The van der Waals surface area contributed by atoms with Gasteiger partial charge in [0.05, 0.1) is 38.7 Å². The summed E-state index contributed by atoms with van der Waals surface area (Å²) >= 11 is 12.3. The summed E-state index contributed by atoms with van der Waals surface area (Å²) in [6.07, 6.45) is 0.504. The number of nitriles is 1. The van der Waals surface area contributed by atoms with Crippen LogP contribution in [0.3, 0.4) is 0 Å². The molecule has 0 saturated carbocycles. The third-order valence-electron chi connectivity index (χ3n) is 4.11. The topological polar surface area (TPSA) is 90.3 Å². The molecule has 1 N–H and O–H groups in total. The van der Waals surface area contributed by atoms with Crippen molar-refractivity contribution in [3.8, 4) is 6.07 Å². The number of amides is 1. The minimum Gasteiger partial charge on any atom is -0.322 e. The third kappa shape index (κ3) is 4.03. The molecule has 0 bridgehead atoms. The van der Waals surface area contributed by atoms with Crippen molar-refractivity contribution in [1.82, 2.24) is 0 Å². The number of carbonyl (C=O) groups excluding carboxylic acids is 1. The van der Waals surface area contributed by atoms with E-state index in [4.69, 9.17) is 28.5 Å². The average Bonchev–Trinajstić information content (AvgIpc) is 2.95. The Morgan fingerprint density at radius 2 is 1.96 bits per heavy atom. The van der Waals surface area contributed by atoms with Gasteiger partial charge < -0.3 is 5.32 Å². The van der Waals surface area contributed by atoms with Gasteiger partial charge in [0.1, 0.15) is 0 Å². The van der Waals surface area contributed by atoms with Gasteiger partial charge in [0.25, 0.3) is 5.91 Å². The first-order chi connectivity index (χ1) is 12.7. The lowest BCUT2D eigenvalue weighted by Gasteiger charge is -2.19. The lowest BCUT2D eigenvalue weighted by Crippen LogP contribution is -2.25. The lowest BCUT2D eigenvalue weighted by atomic mass is 10.1. The van der Waals surface area contributed by atoms with Crippen LogP contribution in [0.1, 0.15) is 27.9 Å². The second-order valence-electron chi connectivity index (χ2n) is 6.18. The molecule has 9 heteroatoms. The van der Waals surface area contributed by atoms with Gasteiger partial charge in [-0.05, 0) is 49.2 Å². The maximum atomic E-state index is 12.7. The molecule has 0 aliphatic carbocycles. The van der Waals surface area contributed by atoms with E-state index in [1.165, 1.54) is 22.5 Å². The van der Waals surface area contributed by atoms with Crippen molar-refractivity contribution in [1.29, 1.82) is 5.26 Å². The van der Waals surface area contributed by atoms with Gasteiger partial charge in [-0.3, -0.25) is 9.10 Å². The van der Waals surface area contributed by atoms with Gasteiger partial charge >= 0.3 is 0 Å². The molecule has 1 saturated heterocycles. The molecule has 6 nitrogen and oxygen atoms in total.